The number of carbonyl (C=O) groups is 3. The Kier molecular flexibility index (Phi) is 8.00. The first-order valence-corrected chi connectivity index (χ1v) is 13.4. The topological polar surface area (TPSA) is 116 Å². The number of nitrogens with one attached hydrogen (secondary N) is 1. The van der Waals surface area contributed by atoms with Crippen LogP contribution in [0.5, 0.6) is 0 Å². The molecule has 0 unspecified atom stereocenters. The third kappa shape index (κ3) is 6.36. The van der Waals surface area contributed by atoms with Crippen LogP contribution in [0.2, 0.25) is 0 Å². The molecule has 0 spiro atoms. The second kappa shape index (κ2) is 11.6. The Morgan fingerprint density at radius 3 is 2.07 bits per heavy atom. The number of carbonyl (C=O) groups excluding carboxylic acids is 2. The number of oxazole rings is 1. The fourth-order valence-electron chi connectivity index (χ4n) is 5.31. The van der Waals surface area contributed by atoms with Gasteiger partial charge < -0.3 is 24.6 Å². The molecule has 2 aliphatic rings. The van der Waals surface area contributed by atoms with E-state index in [4.69, 9.17) is 9.52 Å². The molecule has 0 atom stereocenters. The first-order valence-electron chi connectivity index (χ1n) is 13.4. The lowest BCUT2D eigenvalue weighted by molar-refractivity contribution is -0.153. The number of carboxylic acids is 1. The average molecular weight is 571 g/mol. The van der Waals surface area contributed by atoms with Crippen LogP contribution < -0.4 is 10.2 Å². The highest BCUT2D eigenvalue weighted by atomic mass is 19.4. The lowest BCUT2D eigenvalue weighted by Gasteiger charge is -2.37. The maximum Gasteiger partial charge on any atom is 0.452 e. The van der Waals surface area contributed by atoms with Gasteiger partial charge in [0.1, 0.15) is 0 Å². The van der Waals surface area contributed by atoms with Crippen LogP contribution in [-0.2, 0) is 15.8 Å². The highest BCUT2D eigenvalue weighted by molar-refractivity contribution is 6.04. The van der Waals surface area contributed by atoms with Gasteiger partial charge in [-0.25, -0.2) is 4.98 Å². The van der Waals surface area contributed by atoms with Crippen LogP contribution in [0.4, 0.5) is 24.5 Å². The Labute approximate surface area is 234 Å². The highest BCUT2D eigenvalue weighted by Gasteiger charge is 2.42. The van der Waals surface area contributed by atoms with Crippen molar-refractivity contribution in [2.45, 2.75) is 31.9 Å². The normalized spacial score (nSPS) is 17.0. The van der Waals surface area contributed by atoms with Gasteiger partial charge in [0.05, 0.1) is 5.92 Å². The molecule has 5 rings (SSSR count). The second-order valence-corrected chi connectivity index (χ2v) is 10.3. The van der Waals surface area contributed by atoms with E-state index in [2.05, 4.69) is 15.2 Å². The Morgan fingerprint density at radius 1 is 0.878 bits per heavy atom. The lowest BCUT2D eigenvalue weighted by Crippen LogP contribution is -2.46. The largest absolute Gasteiger partial charge is 0.481 e. The zero-order valence-electron chi connectivity index (χ0n) is 22.1. The van der Waals surface area contributed by atoms with Crippen LogP contribution >= 0.6 is 0 Å². The van der Waals surface area contributed by atoms with Crippen LogP contribution in [0, 0.1) is 11.8 Å². The van der Waals surface area contributed by atoms with Crippen molar-refractivity contribution in [3.05, 3.63) is 66.1 Å². The van der Waals surface area contributed by atoms with Crippen LogP contribution in [0.1, 0.15) is 41.9 Å². The summed E-state index contributed by atoms with van der Waals surface area (Å²) in [7, 11) is 0. The number of halogens is 3. The Bertz CT molecular complexity index is 1390. The summed E-state index contributed by atoms with van der Waals surface area (Å²) in [6.07, 6.45) is -2.63. The number of piperidine rings is 2. The van der Waals surface area contributed by atoms with Gasteiger partial charge in [0.15, 0.2) is 5.69 Å². The van der Waals surface area contributed by atoms with Gasteiger partial charge in [-0.2, -0.15) is 13.2 Å². The number of alkyl halides is 3. The van der Waals surface area contributed by atoms with Crippen molar-refractivity contribution in [3.8, 4) is 11.5 Å². The van der Waals surface area contributed by atoms with E-state index < -0.39 is 29.5 Å². The second-order valence-electron chi connectivity index (χ2n) is 10.3. The van der Waals surface area contributed by atoms with E-state index in [9.17, 15) is 27.6 Å². The third-order valence-corrected chi connectivity index (χ3v) is 7.61. The number of likely N-dealkylation sites (tertiary alicyclic amines) is 1. The Hall–Kier alpha value is -4.35. The quantitative estimate of drug-likeness (QED) is 0.421. The van der Waals surface area contributed by atoms with Crippen molar-refractivity contribution >= 4 is 29.2 Å². The van der Waals surface area contributed by atoms with Gasteiger partial charge in [-0.1, -0.05) is 18.2 Å². The number of amides is 2. The predicted octanol–water partition coefficient (Wildman–Crippen LogP) is 5.15. The maximum atomic E-state index is 13.6. The van der Waals surface area contributed by atoms with Gasteiger partial charge in [0, 0.05) is 49.0 Å². The van der Waals surface area contributed by atoms with Crippen LogP contribution in [0.25, 0.3) is 11.5 Å². The van der Waals surface area contributed by atoms with Gasteiger partial charge in [0.2, 0.25) is 17.6 Å². The molecular formula is C29H29F3N4O5. The maximum absolute atomic E-state index is 13.6. The van der Waals surface area contributed by atoms with E-state index >= 15 is 0 Å². The minimum absolute atomic E-state index is 0.0769. The monoisotopic (exact) mass is 570 g/mol. The van der Waals surface area contributed by atoms with E-state index in [1.807, 2.05) is 0 Å². The molecule has 2 N–H and O–H groups in total. The summed E-state index contributed by atoms with van der Waals surface area (Å²) in [4.78, 5) is 44.6. The van der Waals surface area contributed by atoms with Crippen molar-refractivity contribution in [2.75, 3.05) is 36.4 Å². The van der Waals surface area contributed by atoms with E-state index in [-0.39, 0.29) is 23.6 Å². The minimum atomic E-state index is -4.90. The molecule has 2 saturated heterocycles. The summed E-state index contributed by atoms with van der Waals surface area (Å²) in [5.41, 5.74) is 0.625. The smallest absolute Gasteiger partial charge is 0.452 e. The van der Waals surface area contributed by atoms with Gasteiger partial charge in [-0.05, 0) is 62.1 Å². The fraction of sp³-hybridized carbons (Fsp3) is 0.379. The van der Waals surface area contributed by atoms with Crippen LogP contribution in [-0.4, -0.2) is 59.0 Å². The lowest BCUT2D eigenvalue weighted by atomic mass is 9.92. The number of nitrogens with zero attached hydrogens (tertiary/aromatic N) is 3. The minimum Gasteiger partial charge on any atom is -0.481 e. The SMILES string of the molecule is O=C(Nc1ccc(N2CCC(C(=O)N3CCC(C(=O)O)CC3)CC2)cc1)c1nc(-c2ccccc2)oc1C(F)(F)F. The summed E-state index contributed by atoms with van der Waals surface area (Å²) < 4.78 is 45.7. The van der Waals surface area contributed by atoms with Crippen LogP contribution in [0.15, 0.2) is 59.0 Å². The molecule has 0 radical (unpaired) electrons. The first-order chi connectivity index (χ1) is 19.6. The summed E-state index contributed by atoms with van der Waals surface area (Å²) in [6, 6.07) is 14.7. The van der Waals surface area contributed by atoms with Crippen molar-refractivity contribution in [3.63, 3.8) is 0 Å². The van der Waals surface area contributed by atoms with E-state index in [1.54, 1.807) is 47.4 Å². The molecule has 0 saturated carbocycles. The molecule has 216 valence electrons. The summed E-state index contributed by atoms with van der Waals surface area (Å²) in [5, 5.41) is 11.6. The summed E-state index contributed by atoms with van der Waals surface area (Å²) >= 11 is 0. The number of aromatic nitrogens is 1. The van der Waals surface area contributed by atoms with E-state index in [1.165, 1.54) is 12.1 Å². The molecule has 2 fully saturated rings. The molecule has 12 heteroatoms. The molecule has 9 nitrogen and oxygen atoms in total. The number of anilines is 2. The number of carboxylic acid groups (broad SMARTS) is 1. The molecule has 1 aromatic heterocycles. The molecule has 2 aromatic carbocycles. The van der Waals surface area contributed by atoms with Crippen molar-refractivity contribution in [1.29, 1.82) is 0 Å². The van der Waals surface area contributed by atoms with Crippen LogP contribution in [0.3, 0.4) is 0 Å². The number of aliphatic carboxylic acids is 1. The van der Waals surface area contributed by atoms with Crippen molar-refractivity contribution in [2.24, 2.45) is 11.8 Å². The zero-order chi connectivity index (χ0) is 29.1. The molecule has 2 amide bonds. The van der Waals surface area contributed by atoms with Crippen molar-refractivity contribution in [1.82, 2.24) is 9.88 Å². The molecular weight excluding hydrogens is 541 g/mol. The van der Waals surface area contributed by atoms with Gasteiger partial charge in [-0.15, -0.1) is 0 Å². The molecule has 3 heterocycles. The standard InChI is InChI=1S/C29H29F3N4O5/c30-29(31,32)24-23(34-26(41-24)18-4-2-1-3-5-18)25(37)33-21-6-8-22(9-7-21)35-14-10-19(11-15-35)27(38)36-16-12-20(13-17-36)28(39)40/h1-9,19-20H,10-17H2,(H,33,37)(H,39,40). The molecule has 0 aliphatic carbocycles. The summed E-state index contributed by atoms with van der Waals surface area (Å²) in [6.45, 7) is 2.22. The number of hydrogen-bond acceptors (Lipinski definition) is 6. The molecule has 0 bridgehead atoms. The molecule has 41 heavy (non-hydrogen) atoms. The first kappa shape index (κ1) is 28.2. The fourth-order valence-corrected chi connectivity index (χ4v) is 5.31. The summed E-state index contributed by atoms with van der Waals surface area (Å²) in [5.74, 6) is -4.03. The predicted molar refractivity (Wildman–Crippen MR) is 143 cm³/mol. The number of benzene rings is 2. The molecule has 2 aliphatic heterocycles. The highest BCUT2D eigenvalue weighted by Crippen LogP contribution is 2.36. The third-order valence-electron chi connectivity index (χ3n) is 7.61. The zero-order valence-corrected chi connectivity index (χ0v) is 22.1. The van der Waals surface area contributed by atoms with Gasteiger partial charge >= 0.3 is 12.1 Å². The van der Waals surface area contributed by atoms with E-state index in [0.717, 1.165) is 5.69 Å². The number of rotatable bonds is 6. The van der Waals surface area contributed by atoms with Crippen molar-refractivity contribution < 1.29 is 37.1 Å². The Morgan fingerprint density at radius 2 is 1.49 bits per heavy atom. The number of hydrogen-bond donors (Lipinski definition) is 2. The van der Waals surface area contributed by atoms with Gasteiger partial charge in [-0.3, -0.25) is 14.4 Å². The average Bonchev–Trinajstić information content (AvgIpc) is 3.45. The molecule has 3 aromatic rings. The van der Waals surface area contributed by atoms with E-state index in [0.29, 0.717) is 63.1 Å². The van der Waals surface area contributed by atoms with Gasteiger partial charge in [0.25, 0.3) is 5.91 Å². The Balaban J connectivity index is 1.18.